The summed E-state index contributed by atoms with van der Waals surface area (Å²) >= 11 is 0. The molecule has 0 aliphatic heterocycles. The number of methoxy groups -OCH3 is 1. The quantitative estimate of drug-likeness (QED) is 0.526. The van der Waals surface area contributed by atoms with E-state index >= 15 is 0 Å². The SMILES string of the molecule is COCCC(C)(C)CN=C(NCCc1ccco1)NC1CCCCC1. The summed E-state index contributed by atoms with van der Waals surface area (Å²) in [6, 6.07) is 4.50. The molecule has 1 aromatic heterocycles. The van der Waals surface area contributed by atoms with Crippen molar-refractivity contribution in [1.29, 1.82) is 0 Å². The summed E-state index contributed by atoms with van der Waals surface area (Å²) in [5.74, 6) is 1.94. The number of furan rings is 1. The molecule has 5 heteroatoms. The minimum absolute atomic E-state index is 0.137. The van der Waals surface area contributed by atoms with E-state index in [0.29, 0.717) is 6.04 Å². The van der Waals surface area contributed by atoms with E-state index in [1.54, 1.807) is 13.4 Å². The van der Waals surface area contributed by atoms with Gasteiger partial charge in [0.1, 0.15) is 5.76 Å². The molecule has 0 radical (unpaired) electrons. The molecule has 0 spiro atoms. The molecule has 1 saturated carbocycles. The molecule has 25 heavy (non-hydrogen) atoms. The van der Waals surface area contributed by atoms with Crippen molar-refractivity contribution in [2.75, 3.05) is 26.8 Å². The molecule has 0 amide bonds. The topological polar surface area (TPSA) is 58.8 Å². The lowest BCUT2D eigenvalue weighted by Gasteiger charge is -2.27. The largest absolute Gasteiger partial charge is 0.469 e. The lowest BCUT2D eigenvalue weighted by molar-refractivity contribution is 0.155. The maximum absolute atomic E-state index is 5.41. The Morgan fingerprint density at radius 1 is 1.32 bits per heavy atom. The molecular weight excluding hydrogens is 314 g/mol. The summed E-state index contributed by atoms with van der Waals surface area (Å²) in [5, 5.41) is 7.12. The van der Waals surface area contributed by atoms with Gasteiger partial charge in [-0.3, -0.25) is 4.99 Å². The average molecular weight is 350 g/mol. The monoisotopic (exact) mass is 349 g/mol. The Kier molecular flexibility index (Phi) is 8.32. The minimum Gasteiger partial charge on any atom is -0.469 e. The molecule has 0 saturated heterocycles. The smallest absolute Gasteiger partial charge is 0.191 e. The van der Waals surface area contributed by atoms with Crippen molar-refractivity contribution >= 4 is 5.96 Å². The van der Waals surface area contributed by atoms with Crippen LogP contribution in [0.4, 0.5) is 0 Å². The van der Waals surface area contributed by atoms with Crippen molar-refractivity contribution in [3.63, 3.8) is 0 Å². The number of aliphatic imine (C=N–C) groups is 1. The highest BCUT2D eigenvalue weighted by Gasteiger charge is 2.19. The van der Waals surface area contributed by atoms with Crippen LogP contribution in [0.2, 0.25) is 0 Å². The number of nitrogens with zero attached hydrogens (tertiary/aromatic N) is 1. The van der Waals surface area contributed by atoms with Crippen LogP contribution in [0.15, 0.2) is 27.8 Å². The van der Waals surface area contributed by atoms with Gasteiger partial charge in [-0.1, -0.05) is 33.1 Å². The van der Waals surface area contributed by atoms with E-state index in [4.69, 9.17) is 14.1 Å². The molecule has 1 aliphatic rings. The Bertz CT molecular complexity index is 491. The summed E-state index contributed by atoms with van der Waals surface area (Å²) < 4.78 is 10.6. The number of nitrogens with one attached hydrogen (secondary N) is 2. The van der Waals surface area contributed by atoms with Crippen molar-refractivity contribution in [3.8, 4) is 0 Å². The first kappa shape index (κ1) is 19.8. The molecule has 0 aromatic carbocycles. The zero-order valence-corrected chi connectivity index (χ0v) is 16.1. The normalized spacial score (nSPS) is 16.8. The van der Waals surface area contributed by atoms with E-state index in [1.165, 1.54) is 32.1 Å². The summed E-state index contributed by atoms with van der Waals surface area (Å²) in [5.41, 5.74) is 0.137. The number of hydrogen-bond acceptors (Lipinski definition) is 3. The molecule has 1 aromatic rings. The molecular formula is C20H35N3O2. The Labute approximate surface area is 152 Å². The van der Waals surface area contributed by atoms with Gasteiger partial charge in [-0.15, -0.1) is 0 Å². The standard InChI is InChI=1S/C20H35N3O2/c1-20(2,12-15-24-3)16-22-19(23-17-8-5-4-6-9-17)21-13-11-18-10-7-14-25-18/h7,10,14,17H,4-6,8-9,11-13,15-16H2,1-3H3,(H2,21,22,23). The molecule has 2 rings (SSSR count). The second kappa shape index (κ2) is 10.5. The van der Waals surface area contributed by atoms with Gasteiger partial charge in [-0.05, 0) is 36.8 Å². The third-order valence-electron chi connectivity index (χ3n) is 4.84. The summed E-state index contributed by atoms with van der Waals surface area (Å²) in [6.07, 6.45) is 10.1. The highest BCUT2D eigenvalue weighted by atomic mass is 16.5. The average Bonchev–Trinajstić information content (AvgIpc) is 3.12. The first-order chi connectivity index (χ1) is 12.1. The van der Waals surface area contributed by atoms with E-state index in [-0.39, 0.29) is 5.41 Å². The molecule has 2 N–H and O–H groups in total. The highest BCUT2D eigenvalue weighted by Crippen LogP contribution is 2.21. The van der Waals surface area contributed by atoms with Crippen LogP contribution in [-0.2, 0) is 11.2 Å². The highest BCUT2D eigenvalue weighted by molar-refractivity contribution is 5.80. The van der Waals surface area contributed by atoms with Crippen molar-refractivity contribution in [1.82, 2.24) is 10.6 Å². The van der Waals surface area contributed by atoms with Crippen molar-refractivity contribution in [2.45, 2.75) is 64.8 Å². The fourth-order valence-corrected chi connectivity index (χ4v) is 3.10. The Balaban J connectivity index is 1.88. The maximum atomic E-state index is 5.41. The molecule has 5 nitrogen and oxygen atoms in total. The van der Waals surface area contributed by atoms with Crippen LogP contribution in [0.3, 0.4) is 0 Å². The maximum Gasteiger partial charge on any atom is 0.191 e. The minimum atomic E-state index is 0.137. The number of guanidine groups is 1. The first-order valence-corrected chi connectivity index (χ1v) is 9.65. The van der Waals surface area contributed by atoms with Crippen molar-refractivity contribution in [2.24, 2.45) is 10.4 Å². The van der Waals surface area contributed by atoms with Gasteiger partial charge in [0, 0.05) is 39.3 Å². The second-order valence-corrected chi connectivity index (χ2v) is 7.81. The second-order valence-electron chi connectivity index (χ2n) is 7.81. The van der Waals surface area contributed by atoms with Gasteiger partial charge < -0.3 is 19.8 Å². The fourth-order valence-electron chi connectivity index (χ4n) is 3.10. The van der Waals surface area contributed by atoms with Gasteiger partial charge >= 0.3 is 0 Å². The van der Waals surface area contributed by atoms with Crippen LogP contribution in [0, 0.1) is 5.41 Å². The number of ether oxygens (including phenoxy) is 1. The van der Waals surface area contributed by atoms with Crippen LogP contribution >= 0.6 is 0 Å². The Hall–Kier alpha value is -1.49. The van der Waals surface area contributed by atoms with E-state index in [1.807, 2.05) is 12.1 Å². The summed E-state index contributed by atoms with van der Waals surface area (Å²) in [7, 11) is 1.76. The zero-order chi connectivity index (χ0) is 18.0. The third-order valence-corrected chi connectivity index (χ3v) is 4.84. The first-order valence-electron chi connectivity index (χ1n) is 9.65. The van der Waals surface area contributed by atoms with Gasteiger partial charge in [0.25, 0.3) is 0 Å². The molecule has 0 bridgehead atoms. The van der Waals surface area contributed by atoms with Gasteiger partial charge in [0.2, 0.25) is 0 Å². The van der Waals surface area contributed by atoms with E-state index < -0.39 is 0 Å². The molecule has 1 aliphatic carbocycles. The predicted octanol–water partition coefficient (Wildman–Crippen LogP) is 3.75. The Morgan fingerprint density at radius 2 is 2.12 bits per heavy atom. The van der Waals surface area contributed by atoms with Gasteiger partial charge in [-0.25, -0.2) is 0 Å². The van der Waals surface area contributed by atoms with E-state index in [2.05, 4.69) is 24.5 Å². The molecule has 1 fully saturated rings. The van der Waals surface area contributed by atoms with Gasteiger partial charge in [0.15, 0.2) is 5.96 Å². The van der Waals surface area contributed by atoms with E-state index in [9.17, 15) is 0 Å². The zero-order valence-electron chi connectivity index (χ0n) is 16.1. The van der Waals surface area contributed by atoms with Gasteiger partial charge in [-0.2, -0.15) is 0 Å². The lowest BCUT2D eigenvalue weighted by Crippen LogP contribution is -2.45. The van der Waals surface area contributed by atoms with Gasteiger partial charge in [0.05, 0.1) is 6.26 Å². The van der Waals surface area contributed by atoms with Crippen LogP contribution in [0.25, 0.3) is 0 Å². The summed E-state index contributed by atoms with van der Waals surface area (Å²) in [6.45, 7) is 6.89. The Morgan fingerprint density at radius 3 is 2.80 bits per heavy atom. The molecule has 0 unspecified atom stereocenters. The van der Waals surface area contributed by atoms with Crippen LogP contribution in [0.1, 0.15) is 58.1 Å². The number of hydrogen-bond donors (Lipinski definition) is 2. The van der Waals surface area contributed by atoms with Crippen LogP contribution < -0.4 is 10.6 Å². The number of rotatable bonds is 9. The van der Waals surface area contributed by atoms with E-state index in [0.717, 1.165) is 44.3 Å². The molecule has 142 valence electrons. The molecule has 1 heterocycles. The van der Waals surface area contributed by atoms with Crippen molar-refractivity contribution in [3.05, 3.63) is 24.2 Å². The third kappa shape index (κ3) is 7.95. The lowest BCUT2D eigenvalue weighted by atomic mass is 9.90. The van der Waals surface area contributed by atoms with Crippen LogP contribution in [0.5, 0.6) is 0 Å². The summed E-state index contributed by atoms with van der Waals surface area (Å²) in [4.78, 5) is 4.87. The fraction of sp³-hybridized carbons (Fsp3) is 0.750. The molecule has 0 atom stereocenters. The van der Waals surface area contributed by atoms with Crippen LogP contribution in [-0.4, -0.2) is 38.8 Å². The van der Waals surface area contributed by atoms with Crippen molar-refractivity contribution < 1.29 is 9.15 Å². The predicted molar refractivity (Wildman–Crippen MR) is 103 cm³/mol.